The molecule has 0 saturated carbocycles. The Morgan fingerprint density at radius 3 is 2.65 bits per heavy atom. The molecule has 3 N–H and O–H groups in total. The average molecular weight is 289 g/mol. The van der Waals surface area contributed by atoms with Gasteiger partial charge in [0.25, 0.3) is 5.91 Å². The van der Waals surface area contributed by atoms with E-state index in [0.717, 1.165) is 0 Å². The van der Waals surface area contributed by atoms with Crippen LogP contribution in [-0.4, -0.2) is 15.9 Å². The molecule has 6 heteroatoms. The van der Waals surface area contributed by atoms with Crippen molar-refractivity contribution < 1.29 is 9.18 Å². The zero-order valence-electron chi connectivity index (χ0n) is 10.7. The molecule has 0 aliphatic rings. The van der Waals surface area contributed by atoms with Crippen LogP contribution in [0.1, 0.15) is 21.7 Å². The van der Waals surface area contributed by atoms with E-state index in [0.29, 0.717) is 5.69 Å². The van der Waals surface area contributed by atoms with Crippen molar-refractivity contribution in [3.63, 3.8) is 0 Å². The van der Waals surface area contributed by atoms with Crippen LogP contribution in [0.2, 0.25) is 0 Å². The van der Waals surface area contributed by atoms with E-state index in [1.54, 1.807) is 25.1 Å². The second kappa shape index (κ2) is 5.75. The number of hydrogen-bond donors (Lipinski definition) is 2. The summed E-state index contributed by atoms with van der Waals surface area (Å²) in [6, 6.07) is 9.30. The van der Waals surface area contributed by atoms with Gasteiger partial charge in [0.15, 0.2) is 0 Å². The zero-order valence-corrected chi connectivity index (χ0v) is 11.5. The molecule has 0 radical (unpaired) electrons. The van der Waals surface area contributed by atoms with Gasteiger partial charge in [0.1, 0.15) is 16.5 Å². The van der Waals surface area contributed by atoms with E-state index < -0.39 is 11.7 Å². The summed E-state index contributed by atoms with van der Waals surface area (Å²) in [5.74, 6) is -1.02. The number of amides is 1. The number of pyridine rings is 1. The summed E-state index contributed by atoms with van der Waals surface area (Å²) in [7, 11) is 0. The van der Waals surface area contributed by atoms with Crippen molar-refractivity contribution in [2.24, 2.45) is 5.73 Å². The third-order valence-electron chi connectivity index (χ3n) is 2.63. The van der Waals surface area contributed by atoms with Crippen molar-refractivity contribution in [1.82, 2.24) is 4.98 Å². The van der Waals surface area contributed by atoms with Crippen LogP contribution in [0.15, 0.2) is 36.4 Å². The van der Waals surface area contributed by atoms with Crippen LogP contribution in [0, 0.1) is 12.7 Å². The summed E-state index contributed by atoms with van der Waals surface area (Å²) in [4.78, 5) is 16.1. The summed E-state index contributed by atoms with van der Waals surface area (Å²) in [6.07, 6.45) is 0. The summed E-state index contributed by atoms with van der Waals surface area (Å²) in [6.45, 7) is 1.78. The molecular weight excluding hydrogens is 277 g/mol. The van der Waals surface area contributed by atoms with Gasteiger partial charge < -0.3 is 11.1 Å². The van der Waals surface area contributed by atoms with Crippen LogP contribution in [0.5, 0.6) is 0 Å². The standard InChI is InChI=1S/C14H12FN3OS/c1-8-4-2-7-11(17-8)14(19)18-10-6-3-5-9(15)12(10)13(16)20/h2-7H,1H3,(H2,16,20)(H,18,19). The third kappa shape index (κ3) is 2.97. The summed E-state index contributed by atoms with van der Waals surface area (Å²) in [5, 5.41) is 2.57. The zero-order chi connectivity index (χ0) is 14.7. The quantitative estimate of drug-likeness (QED) is 0.852. The smallest absolute Gasteiger partial charge is 0.274 e. The molecule has 20 heavy (non-hydrogen) atoms. The molecule has 102 valence electrons. The van der Waals surface area contributed by atoms with Gasteiger partial charge >= 0.3 is 0 Å². The highest BCUT2D eigenvalue weighted by Gasteiger charge is 2.15. The lowest BCUT2D eigenvalue weighted by Gasteiger charge is -2.10. The lowest BCUT2D eigenvalue weighted by Crippen LogP contribution is -2.19. The fourth-order valence-corrected chi connectivity index (χ4v) is 1.94. The number of nitrogens with one attached hydrogen (secondary N) is 1. The summed E-state index contributed by atoms with van der Waals surface area (Å²) >= 11 is 4.80. The molecule has 2 rings (SSSR count). The Bertz CT molecular complexity index is 688. The topological polar surface area (TPSA) is 68.0 Å². The van der Waals surface area contributed by atoms with Crippen molar-refractivity contribution in [2.45, 2.75) is 6.92 Å². The van der Waals surface area contributed by atoms with Gasteiger partial charge in [-0.2, -0.15) is 0 Å². The van der Waals surface area contributed by atoms with E-state index in [9.17, 15) is 9.18 Å². The molecule has 2 aromatic rings. The molecule has 0 bridgehead atoms. The van der Waals surface area contributed by atoms with Gasteiger partial charge in [0, 0.05) is 5.69 Å². The normalized spacial score (nSPS) is 10.1. The SMILES string of the molecule is Cc1cccc(C(=O)Nc2cccc(F)c2C(N)=S)n1. The van der Waals surface area contributed by atoms with Gasteiger partial charge in [0.2, 0.25) is 0 Å². The average Bonchev–Trinajstić information content (AvgIpc) is 2.38. The number of carbonyl (C=O) groups excluding carboxylic acids is 1. The first kappa shape index (κ1) is 14.1. The predicted molar refractivity (Wildman–Crippen MR) is 79.2 cm³/mol. The van der Waals surface area contributed by atoms with Crippen LogP contribution < -0.4 is 11.1 Å². The maximum absolute atomic E-state index is 13.7. The van der Waals surface area contributed by atoms with Crippen LogP contribution in [0.3, 0.4) is 0 Å². The Hall–Kier alpha value is -2.34. The molecule has 0 aliphatic carbocycles. The molecule has 0 aliphatic heterocycles. The first-order chi connectivity index (χ1) is 9.49. The minimum absolute atomic E-state index is 0.0171. The van der Waals surface area contributed by atoms with Crippen LogP contribution in [0.4, 0.5) is 10.1 Å². The number of thiocarbonyl (C=S) groups is 1. The van der Waals surface area contributed by atoms with E-state index in [1.807, 2.05) is 0 Å². The lowest BCUT2D eigenvalue weighted by molar-refractivity contribution is 0.102. The highest BCUT2D eigenvalue weighted by Crippen LogP contribution is 2.19. The Morgan fingerprint density at radius 1 is 1.30 bits per heavy atom. The van der Waals surface area contributed by atoms with Crippen LogP contribution in [0.25, 0.3) is 0 Å². The Balaban J connectivity index is 2.33. The Morgan fingerprint density at radius 2 is 2.00 bits per heavy atom. The third-order valence-corrected chi connectivity index (χ3v) is 2.83. The van der Waals surface area contributed by atoms with Gasteiger partial charge in [-0.3, -0.25) is 4.79 Å². The van der Waals surface area contributed by atoms with Crippen LogP contribution in [-0.2, 0) is 0 Å². The molecule has 0 fully saturated rings. The number of aryl methyl sites for hydroxylation is 1. The van der Waals surface area contributed by atoms with Crippen molar-refractivity contribution in [3.8, 4) is 0 Å². The number of anilines is 1. The number of hydrogen-bond acceptors (Lipinski definition) is 3. The van der Waals surface area contributed by atoms with Gasteiger partial charge in [-0.25, -0.2) is 9.37 Å². The summed E-state index contributed by atoms with van der Waals surface area (Å²) < 4.78 is 13.7. The highest BCUT2D eigenvalue weighted by atomic mass is 32.1. The number of halogens is 1. The molecule has 0 unspecified atom stereocenters. The monoisotopic (exact) mass is 289 g/mol. The number of aromatic nitrogens is 1. The maximum Gasteiger partial charge on any atom is 0.274 e. The molecule has 0 spiro atoms. The number of rotatable bonds is 3. The fourth-order valence-electron chi connectivity index (χ4n) is 1.73. The van der Waals surface area contributed by atoms with Crippen molar-refractivity contribution >= 4 is 28.8 Å². The molecule has 4 nitrogen and oxygen atoms in total. The van der Waals surface area contributed by atoms with E-state index in [4.69, 9.17) is 18.0 Å². The molecule has 1 amide bonds. The van der Waals surface area contributed by atoms with Crippen molar-refractivity contribution in [1.29, 1.82) is 0 Å². The van der Waals surface area contributed by atoms with E-state index in [2.05, 4.69) is 10.3 Å². The molecule has 1 heterocycles. The minimum atomic E-state index is -0.576. The Labute approximate surface area is 120 Å². The molecule has 0 atom stereocenters. The fraction of sp³-hybridized carbons (Fsp3) is 0.0714. The van der Waals surface area contributed by atoms with Gasteiger partial charge in [0.05, 0.1) is 11.3 Å². The lowest BCUT2D eigenvalue weighted by atomic mass is 10.1. The largest absolute Gasteiger partial charge is 0.389 e. The minimum Gasteiger partial charge on any atom is -0.389 e. The molecule has 0 saturated heterocycles. The van der Waals surface area contributed by atoms with E-state index in [-0.39, 0.29) is 21.9 Å². The first-order valence-corrected chi connectivity index (χ1v) is 6.23. The predicted octanol–water partition coefficient (Wildman–Crippen LogP) is 2.42. The van der Waals surface area contributed by atoms with Crippen LogP contribution >= 0.6 is 12.2 Å². The summed E-state index contributed by atoms with van der Waals surface area (Å²) in [5.41, 5.74) is 6.68. The number of benzene rings is 1. The van der Waals surface area contributed by atoms with E-state index >= 15 is 0 Å². The number of nitrogens with zero attached hydrogens (tertiary/aromatic N) is 1. The second-order valence-electron chi connectivity index (χ2n) is 4.14. The van der Waals surface area contributed by atoms with Crippen molar-refractivity contribution in [2.75, 3.05) is 5.32 Å². The van der Waals surface area contributed by atoms with Gasteiger partial charge in [-0.1, -0.05) is 24.4 Å². The Kier molecular flexibility index (Phi) is 4.05. The first-order valence-electron chi connectivity index (χ1n) is 5.82. The second-order valence-corrected chi connectivity index (χ2v) is 4.58. The van der Waals surface area contributed by atoms with Gasteiger partial charge in [-0.15, -0.1) is 0 Å². The maximum atomic E-state index is 13.7. The number of carbonyl (C=O) groups is 1. The van der Waals surface area contributed by atoms with Gasteiger partial charge in [-0.05, 0) is 31.2 Å². The van der Waals surface area contributed by atoms with Crippen molar-refractivity contribution in [3.05, 3.63) is 59.2 Å². The molecular formula is C14H12FN3OS. The molecule has 1 aromatic carbocycles. The number of nitrogens with two attached hydrogens (primary N) is 1. The molecule has 1 aromatic heterocycles. The van der Waals surface area contributed by atoms with E-state index in [1.165, 1.54) is 18.2 Å². The highest BCUT2D eigenvalue weighted by molar-refractivity contribution is 7.80.